The third-order valence-corrected chi connectivity index (χ3v) is 2.57. The molecule has 0 radical (unpaired) electrons. The van der Waals surface area contributed by atoms with E-state index in [1.165, 1.54) is 10.9 Å². The minimum absolute atomic E-state index is 0.00575. The van der Waals surface area contributed by atoms with Crippen LogP contribution in [0.2, 0.25) is 0 Å². The van der Waals surface area contributed by atoms with E-state index in [1.54, 1.807) is 0 Å². The molecule has 19 heavy (non-hydrogen) atoms. The number of nitrogens with one attached hydrogen (secondary N) is 1. The number of nitrogens with two attached hydrogens (primary N) is 1. The molecule has 0 atom stereocenters. The van der Waals surface area contributed by atoms with Gasteiger partial charge in [-0.05, 0) is 0 Å². The molecule has 10 nitrogen and oxygen atoms in total. The molecule has 104 valence electrons. The van der Waals surface area contributed by atoms with Gasteiger partial charge in [0.25, 0.3) is 5.56 Å². The molecule has 0 bridgehead atoms. The van der Waals surface area contributed by atoms with Crippen molar-refractivity contribution in [2.45, 2.75) is 6.73 Å². The van der Waals surface area contributed by atoms with Crippen molar-refractivity contribution in [1.29, 1.82) is 0 Å². The molecule has 0 aliphatic heterocycles. The first-order valence-corrected chi connectivity index (χ1v) is 6.33. The number of hydrogen-bond donors (Lipinski definition) is 4. The maximum absolute atomic E-state index is 11.5. The van der Waals surface area contributed by atoms with Crippen molar-refractivity contribution in [3.8, 4) is 0 Å². The van der Waals surface area contributed by atoms with Crippen LogP contribution in [0, 0.1) is 0 Å². The van der Waals surface area contributed by atoms with Crippen molar-refractivity contribution >= 4 is 25.7 Å². The first-order chi connectivity index (χ1) is 9.08. The van der Waals surface area contributed by atoms with Gasteiger partial charge in [0.05, 0.1) is 19.5 Å². The number of imidazole rings is 1. The molecule has 2 aromatic rings. The lowest BCUT2D eigenvalue weighted by molar-refractivity contribution is 0.0527. The van der Waals surface area contributed by atoms with Gasteiger partial charge in [0.2, 0.25) is 5.95 Å². The van der Waals surface area contributed by atoms with Crippen molar-refractivity contribution in [1.82, 2.24) is 19.5 Å². The lowest BCUT2D eigenvalue weighted by Crippen LogP contribution is -2.13. The summed E-state index contributed by atoms with van der Waals surface area (Å²) in [5.74, 6) is -0.00575. The van der Waals surface area contributed by atoms with E-state index < -0.39 is 14.2 Å². The zero-order chi connectivity index (χ0) is 13.8. The van der Waals surface area contributed by atoms with Crippen LogP contribution in [-0.2, 0) is 16.0 Å². The number of nitrogens with zero attached hydrogens (tertiary/aromatic N) is 3. The Kier molecular flexibility index (Phi) is 4.40. The van der Waals surface area contributed by atoms with Gasteiger partial charge in [-0.15, -0.1) is 0 Å². The summed E-state index contributed by atoms with van der Waals surface area (Å²) in [5, 5.41) is 0. The van der Waals surface area contributed by atoms with Gasteiger partial charge in [-0.2, -0.15) is 4.98 Å². The molecular formula is C8H12N5O5P. The molecule has 11 heteroatoms. The summed E-state index contributed by atoms with van der Waals surface area (Å²) < 4.78 is 11.2. The molecule has 2 aromatic heterocycles. The smallest absolute Gasteiger partial charge is 0.327 e. The largest absolute Gasteiger partial charge is 0.369 e. The Morgan fingerprint density at radius 2 is 2.26 bits per heavy atom. The Morgan fingerprint density at radius 3 is 3.00 bits per heavy atom. The quantitative estimate of drug-likeness (QED) is 0.387. The minimum Gasteiger partial charge on any atom is -0.369 e. The molecule has 0 amide bonds. The van der Waals surface area contributed by atoms with Gasteiger partial charge >= 0.3 is 8.60 Å². The number of ether oxygens (including phenoxy) is 1. The zero-order valence-corrected chi connectivity index (χ0v) is 10.6. The average Bonchev–Trinajstić information content (AvgIpc) is 2.72. The van der Waals surface area contributed by atoms with Gasteiger partial charge in [0.15, 0.2) is 11.2 Å². The third-order valence-electron chi connectivity index (χ3n) is 2.16. The zero-order valence-electron chi connectivity index (χ0n) is 9.68. The fraction of sp³-hybridized carbons (Fsp3) is 0.375. The van der Waals surface area contributed by atoms with Crippen LogP contribution in [-0.4, -0.2) is 42.5 Å². The molecule has 5 N–H and O–H groups in total. The monoisotopic (exact) mass is 289 g/mol. The van der Waals surface area contributed by atoms with Crippen LogP contribution >= 0.6 is 8.60 Å². The van der Waals surface area contributed by atoms with E-state index in [-0.39, 0.29) is 31.4 Å². The predicted molar refractivity (Wildman–Crippen MR) is 65.8 cm³/mol. The summed E-state index contributed by atoms with van der Waals surface area (Å²) in [4.78, 5) is 38.7. The average molecular weight is 289 g/mol. The van der Waals surface area contributed by atoms with Crippen molar-refractivity contribution < 1.29 is 19.0 Å². The van der Waals surface area contributed by atoms with E-state index in [0.717, 1.165) is 0 Å². The second kappa shape index (κ2) is 6.04. The Hall–Kier alpha value is -1.58. The van der Waals surface area contributed by atoms with Crippen LogP contribution in [0.1, 0.15) is 0 Å². The molecule has 0 saturated carbocycles. The van der Waals surface area contributed by atoms with E-state index in [9.17, 15) is 4.79 Å². The highest BCUT2D eigenvalue weighted by molar-refractivity contribution is 7.39. The SMILES string of the molecule is Nc1nc2c(ncn2COCCOP(O)O)c(=O)[nH]1. The second-order valence-electron chi connectivity index (χ2n) is 3.46. The molecule has 0 spiro atoms. The molecule has 0 aliphatic rings. The van der Waals surface area contributed by atoms with Gasteiger partial charge in [-0.3, -0.25) is 14.3 Å². The molecule has 0 aromatic carbocycles. The Balaban J connectivity index is 2.00. The first kappa shape index (κ1) is 13.8. The van der Waals surface area contributed by atoms with Crippen LogP contribution in [0.25, 0.3) is 11.2 Å². The highest BCUT2D eigenvalue weighted by Crippen LogP contribution is 2.23. The molecule has 0 aliphatic carbocycles. The van der Waals surface area contributed by atoms with E-state index in [4.69, 9.17) is 20.3 Å². The highest BCUT2D eigenvalue weighted by atomic mass is 31.2. The molecule has 0 saturated heterocycles. The summed E-state index contributed by atoms with van der Waals surface area (Å²) in [6.07, 6.45) is 1.40. The number of aromatic amines is 1. The summed E-state index contributed by atoms with van der Waals surface area (Å²) in [6.45, 7) is 0.282. The molecule has 2 heterocycles. The topological polar surface area (TPSA) is 149 Å². The number of anilines is 1. The Bertz CT molecular complexity index is 611. The maximum Gasteiger partial charge on any atom is 0.327 e. The lowest BCUT2D eigenvalue weighted by Gasteiger charge is -2.06. The Labute approximate surface area is 107 Å². The number of hydrogen-bond acceptors (Lipinski definition) is 8. The third kappa shape index (κ3) is 3.46. The molecule has 0 fully saturated rings. The number of H-pyrrole nitrogens is 1. The molecule has 0 unspecified atom stereocenters. The lowest BCUT2D eigenvalue weighted by atomic mass is 10.5. The van der Waals surface area contributed by atoms with Gasteiger partial charge in [-0.25, -0.2) is 4.98 Å². The number of fused-ring (bicyclic) bond motifs is 1. The normalized spacial score (nSPS) is 11.5. The highest BCUT2D eigenvalue weighted by Gasteiger charge is 2.09. The fourth-order valence-corrected chi connectivity index (χ4v) is 1.64. The van der Waals surface area contributed by atoms with Gasteiger partial charge in [-0.1, -0.05) is 0 Å². The minimum atomic E-state index is -2.37. The van der Waals surface area contributed by atoms with Gasteiger partial charge in [0, 0.05) is 0 Å². The van der Waals surface area contributed by atoms with Crippen molar-refractivity contribution in [3.05, 3.63) is 16.7 Å². The van der Waals surface area contributed by atoms with Crippen LogP contribution in [0.3, 0.4) is 0 Å². The van der Waals surface area contributed by atoms with E-state index in [1.807, 2.05) is 0 Å². The Morgan fingerprint density at radius 1 is 1.47 bits per heavy atom. The number of nitrogen functional groups attached to an aromatic ring is 1. The predicted octanol–water partition coefficient (Wildman–Crippen LogP) is -1.10. The molecule has 2 rings (SSSR count). The van der Waals surface area contributed by atoms with Gasteiger partial charge < -0.3 is 24.8 Å². The summed E-state index contributed by atoms with van der Waals surface area (Å²) >= 11 is 0. The van der Waals surface area contributed by atoms with Crippen molar-refractivity contribution in [3.63, 3.8) is 0 Å². The fourth-order valence-electron chi connectivity index (χ4n) is 1.41. The van der Waals surface area contributed by atoms with E-state index in [0.29, 0.717) is 5.65 Å². The molecular weight excluding hydrogens is 277 g/mol. The van der Waals surface area contributed by atoms with E-state index >= 15 is 0 Å². The second-order valence-corrected chi connectivity index (χ2v) is 4.22. The standard InChI is InChI=1S/C8H12N5O5P/c9-8-11-6-5(7(14)12-8)10-3-13(6)4-17-1-2-18-19(15)16/h3,15-16H,1-2,4H2,(H3,9,11,12,14). The maximum atomic E-state index is 11.5. The summed E-state index contributed by atoms with van der Waals surface area (Å²) in [6, 6.07) is 0. The van der Waals surface area contributed by atoms with E-state index in [2.05, 4.69) is 19.5 Å². The number of rotatable bonds is 6. The van der Waals surface area contributed by atoms with Crippen LogP contribution in [0.5, 0.6) is 0 Å². The summed E-state index contributed by atoms with van der Waals surface area (Å²) in [5.41, 5.74) is 5.50. The van der Waals surface area contributed by atoms with Crippen LogP contribution in [0.4, 0.5) is 5.95 Å². The summed E-state index contributed by atoms with van der Waals surface area (Å²) in [7, 11) is -2.37. The van der Waals surface area contributed by atoms with Crippen molar-refractivity contribution in [2.24, 2.45) is 0 Å². The number of aromatic nitrogens is 4. The first-order valence-electron chi connectivity index (χ1n) is 5.17. The van der Waals surface area contributed by atoms with Crippen LogP contribution < -0.4 is 11.3 Å². The van der Waals surface area contributed by atoms with Crippen LogP contribution in [0.15, 0.2) is 11.1 Å². The van der Waals surface area contributed by atoms with Gasteiger partial charge in [0.1, 0.15) is 6.73 Å². The van der Waals surface area contributed by atoms with Crippen molar-refractivity contribution in [2.75, 3.05) is 18.9 Å².